The largest absolute Gasteiger partial charge is 0.365 e. The van der Waals surface area contributed by atoms with Crippen LogP contribution in [0.15, 0.2) is 41.4 Å². The van der Waals surface area contributed by atoms with E-state index >= 15 is 0 Å². The van der Waals surface area contributed by atoms with Crippen molar-refractivity contribution in [3.63, 3.8) is 0 Å². The van der Waals surface area contributed by atoms with Crippen molar-refractivity contribution < 1.29 is 13.2 Å². The minimum absolute atomic E-state index is 0.0575. The second-order valence-electron chi connectivity index (χ2n) is 5.27. The van der Waals surface area contributed by atoms with Crippen molar-refractivity contribution in [1.29, 1.82) is 0 Å². The molecule has 3 rings (SSSR count). The predicted octanol–water partition coefficient (Wildman–Crippen LogP) is 1.92. The molecule has 0 saturated carbocycles. The van der Waals surface area contributed by atoms with Crippen LogP contribution >= 0.6 is 0 Å². The van der Waals surface area contributed by atoms with Gasteiger partial charge in [0.1, 0.15) is 0 Å². The maximum atomic E-state index is 12.5. The van der Waals surface area contributed by atoms with Crippen LogP contribution in [0.5, 0.6) is 0 Å². The van der Waals surface area contributed by atoms with Gasteiger partial charge < -0.3 is 9.88 Å². The molecule has 1 aliphatic rings. The number of rotatable bonds is 2. The van der Waals surface area contributed by atoms with Crippen molar-refractivity contribution in [3.8, 4) is 0 Å². The van der Waals surface area contributed by atoms with Crippen molar-refractivity contribution in [2.75, 3.05) is 12.8 Å². The summed E-state index contributed by atoms with van der Waals surface area (Å²) < 4.78 is 24.4. The first-order valence-corrected chi connectivity index (χ1v) is 8.30. The Morgan fingerprint density at radius 3 is 2.67 bits per heavy atom. The Morgan fingerprint density at radius 2 is 2.00 bits per heavy atom. The zero-order valence-electron chi connectivity index (χ0n) is 11.8. The van der Waals surface area contributed by atoms with Crippen molar-refractivity contribution in [2.45, 2.75) is 17.9 Å². The van der Waals surface area contributed by atoms with E-state index in [2.05, 4.69) is 4.98 Å². The number of H-pyrrole nitrogens is 1. The summed E-state index contributed by atoms with van der Waals surface area (Å²) in [6.45, 7) is 1.82. The summed E-state index contributed by atoms with van der Waals surface area (Å²) in [6, 6.07) is 8.16. The zero-order chi connectivity index (χ0) is 15.2. The number of carbonyl (C=O) groups excluding carboxylic acids is 1. The number of nitrogens with zero attached hydrogens (tertiary/aromatic N) is 1. The third-order valence-corrected chi connectivity index (χ3v) is 5.76. The number of hydrogen-bond donors (Lipinski definition) is 1. The van der Waals surface area contributed by atoms with E-state index in [4.69, 9.17) is 0 Å². The number of hydrogen-bond acceptors (Lipinski definition) is 3. The predicted molar refractivity (Wildman–Crippen MR) is 78.9 cm³/mol. The summed E-state index contributed by atoms with van der Waals surface area (Å²) >= 11 is 0. The molecule has 0 radical (unpaired) electrons. The Balaban J connectivity index is 1.99. The highest BCUT2D eigenvalue weighted by atomic mass is 32.2. The lowest BCUT2D eigenvalue weighted by Crippen LogP contribution is -2.32. The summed E-state index contributed by atoms with van der Waals surface area (Å²) in [7, 11) is -1.66. The molecule has 0 bridgehead atoms. The van der Waals surface area contributed by atoms with Crippen LogP contribution in [0.3, 0.4) is 0 Å². The summed E-state index contributed by atoms with van der Waals surface area (Å²) in [5, 5.41) is 0. The number of carbonyl (C=O) groups is 1. The molecule has 6 heteroatoms. The van der Waals surface area contributed by atoms with Crippen LogP contribution in [-0.4, -0.2) is 37.0 Å². The average molecular weight is 304 g/mol. The van der Waals surface area contributed by atoms with Crippen molar-refractivity contribution in [3.05, 3.63) is 53.3 Å². The highest BCUT2D eigenvalue weighted by molar-refractivity contribution is 7.91. The van der Waals surface area contributed by atoms with Gasteiger partial charge in [0.2, 0.25) is 0 Å². The molecule has 1 N–H and O–H groups in total. The summed E-state index contributed by atoms with van der Waals surface area (Å²) in [5.41, 5.74) is 2.04. The first-order valence-electron chi connectivity index (χ1n) is 6.64. The highest BCUT2D eigenvalue weighted by Crippen LogP contribution is 2.36. The van der Waals surface area contributed by atoms with Gasteiger partial charge >= 0.3 is 0 Å². The van der Waals surface area contributed by atoms with E-state index in [9.17, 15) is 13.2 Å². The number of benzene rings is 1. The Labute approximate surface area is 123 Å². The van der Waals surface area contributed by atoms with E-state index in [1.54, 1.807) is 43.6 Å². The maximum Gasteiger partial charge on any atom is 0.255 e. The lowest BCUT2D eigenvalue weighted by atomic mass is 10.1. The standard InChI is InChI=1S/C15H16N2O3S/c1-10-11(7-8-16-10)15(18)17(2)13-9-21(19,20)14-6-4-3-5-12(13)14/h3-8,13,16H,9H2,1-2H3. The minimum Gasteiger partial charge on any atom is -0.365 e. The fourth-order valence-corrected chi connectivity index (χ4v) is 4.61. The number of amides is 1. The van der Waals surface area contributed by atoms with Crippen LogP contribution in [0.25, 0.3) is 0 Å². The Hall–Kier alpha value is -2.08. The van der Waals surface area contributed by atoms with E-state index < -0.39 is 15.9 Å². The molecule has 1 atom stereocenters. The van der Waals surface area contributed by atoms with Crippen LogP contribution in [0.1, 0.15) is 27.7 Å². The Morgan fingerprint density at radius 1 is 1.29 bits per heavy atom. The normalized spacial score (nSPS) is 19.2. The average Bonchev–Trinajstić information content (AvgIpc) is 3.00. The van der Waals surface area contributed by atoms with E-state index in [1.807, 2.05) is 6.92 Å². The topological polar surface area (TPSA) is 70.2 Å². The van der Waals surface area contributed by atoms with Crippen molar-refractivity contribution in [1.82, 2.24) is 9.88 Å². The number of aromatic amines is 1. The smallest absolute Gasteiger partial charge is 0.255 e. The molecule has 0 saturated heterocycles. The number of fused-ring (bicyclic) bond motifs is 1. The fourth-order valence-electron chi connectivity index (χ4n) is 2.76. The van der Waals surface area contributed by atoms with Gasteiger partial charge in [-0.15, -0.1) is 0 Å². The van der Waals surface area contributed by atoms with E-state index in [0.29, 0.717) is 16.0 Å². The minimum atomic E-state index is -3.31. The molecular weight excluding hydrogens is 288 g/mol. The van der Waals surface area contributed by atoms with Gasteiger partial charge in [0.25, 0.3) is 5.91 Å². The lowest BCUT2D eigenvalue weighted by Gasteiger charge is -2.24. The Kier molecular flexibility index (Phi) is 3.13. The van der Waals surface area contributed by atoms with Gasteiger partial charge in [-0.2, -0.15) is 0 Å². The second-order valence-corrected chi connectivity index (χ2v) is 7.27. The van der Waals surface area contributed by atoms with Crippen LogP contribution in [-0.2, 0) is 9.84 Å². The second kappa shape index (κ2) is 4.73. The molecule has 21 heavy (non-hydrogen) atoms. The molecule has 1 aromatic carbocycles. The van der Waals surface area contributed by atoms with Gasteiger partial charge in [0.05, 0.1) is 22.3 Å². The quantitative estimate of drug-likeness (QED) is 0.921. The molecule has 1 amide bonds. The monoisotopic (exact) mass is 304 g/mol. The SMILES string of the molecule is Cc1[nH]ccc1C(=O)N(C)C1CS(=O)(=O)c2ccccc21. The van der Waals surface area contributed by atoms with Crippen molar-refractivity contribution in [2.24, 2.45) is 0 Å². The van der Waals surface area contributed by atoms with Gasteiger partial charge in [-0.05, 0) is 24.6 Å². The van der Waals surface area contributed by atoms with Gasteiger partial charge in [-0.1, -0.05) is 18.2 Å². The molecule has 2 heterocycles. The van der Waals surface area contributed by atoms with Gasteiger partial charge in [-0.3, -0.25) is 4.79 Å². The van der Waals surface area contributed by atoms with Crippen molar-refractivity contribution >= 4 is 15.7 Å². The van der Waals surface area contributed by atoms with Gasteiger partial charge in [0, 0.05) is 18.9 Å². The van der Waals surface area contributed by atoms with Crippen LogP contribution in [0, 0.1) is 6.92 Å². The summed E-state index contributed by atoms with van der Waals surface area (Å²) in [5.74, 6) is -0.233. The third kappa shape index (κ3) is 2.15. The Bertz CT molecular complexity index is 808. The third-order valence-electron chi connectivity index (χ3n) is 3.96. The van der Waals surface area contributed by atoms with E-state index in [0.717, 1.165) is 5.69 Å². The molecule has 0 aliphatic carbocycles. The number of sulfone groups is 1. The molecule has 1 aromatic heterocycles. The molecule has 5 nitrogen and oxygen atoms in total. The molecule has 1 aliphatic heterocycles. The van der Waals surface area contributed by atoms with Crippen LogP contribution < -0.4 is 0 Å². The van der Waals surface area contributed by atoms with E-state index in [1.165, 1.54) is 4.90 Å². The van der Waals surface area contributed by atoms with Crippen LogP contribution in [0.4, 0.5) is 0 Å². The zero-order valence-corrected chi connectivity index (χ0v) is 12.6. The molecular formula is C15H16N2O3S. The number of nitrogens with one attached hydrogen (secondary N) is 1. The van der Waals surface area contributed by atoms with Gasteiger partial charge in [-0.25, -0.2) is 8.42 Å². The molecule has 2 aromatic rings. The first kappa shape index (κ1) is 13.9. The highest BCUT2D eigenvalue weighted by Gasteiger charge is 2.38. The molecule has 110 valence electrons. The maximum absolute atomic E-state index is 12.5. The van der Waals surface area contributed by atoms with E-state index in [-0.39, 0.29) is 11.7 Å². The molecule has 1 unspecified atom stereocenters. The summed E-state index contributed by atoms with van der Waals surface area (Å²) in [6.07, 6.45) is 1.70. The molecule has 0 spiro atoms. The fraction of sp³-hybridized carbons (Fsp3) is 0.267. The first-order chi connectivity index (χ1) is 9.92. The lowest BCUT2D eigenvalue weighted by molar-refractivity contribution is 0.0745. The summed E-state index contributed by atoms with van der Waals surface area (Å²) in [4.78, 5) is 17.4. The van der Waals surface area contributed by atoms with Crippen LogP contribution in [0.2, 0.25) is 0 Å². The number of aromatic nitrogens is 1. The van der Waals surface area contributed by atoms with Gasteiger partial charge in [0.15, 0.2) is 9.84 Å². The number of aryl methyl sites for hydroxylation is 1. The molecule has 0 fully saturated rings.